The molecular formula is C18H26N4O4S. The summed E-state index contributed by atoms with van der Waals surface area (Å²) in [6.45, 7) is 3.16. The number of carbonyl (C=O) groups is 2. The van der Waals surface area contributed by atoms with Gasteiger partial charge in [-0.2, -0.15) is 0 Å². The molecule has 8 nitrogen and oxygen atoms in total. The molecular weight excluding hydrogens is 368 g/mol. The quantitative estimate of drug-likeness (QED) is 0.697. The fourth-order valence-corrected chi connectivity index (χ4v) is 4.62. The van der Waals surface area contributed by atoms with Gasteiger partial charge in [0.15, 0.2) is 5.13 Å². The molecule has 1 spiro atoms. The molecule has 1 aromatic heterocycles. The molecule has 148 valence electrons. The smallest absolute Gasteiger partial charge is 0.273 e. The number of nitrogens with zero attached hydrogens (tertiary/aromatic N) is 2. The zero-order valence-corrected chi connectivity index (χ0v) is 16.3. The Morgan fingerprint density at radius 2 is 2.11 bits per heavy atom. The minimum absolute atomic E-state index is 0.0165. The third-order valence-corrected chi connectivity index (χ3v) is 6.63. The molecule has 0 bridgehead atoms. The highest BCUT2D eigenvalue weighted by molar-refractivity contribution is 7.13. The van der Waals surface area contributed by atoms with Crippen molar-refractivity contribution in [2.75, 3.05) is 25.4 Å². The lowest BCUT2D eigenvalue weighted by Gasteiger charge is -2.51. The molecule has 4 N–H and O–H groups in total. The monoisotopic (exact) mass is 394 g/mol. The maximum Gasteiger partial charge on any atom is 0.273 e. The van der Waals surface area contributed by atoms with Crippen molar-refractivity contribution in [2.24, 2.45) is 5.92 Å². The summed E-state index contributed by atoms with van der Waals surface area (Å²) in [6.07, 6.45) is 3.61. The van der Waals surface area contributed by atoms with Crippen LogP contribution in [0.15, 0.2) is 5.38 Å². The van der Waals surface area contributed by atoms with Crippen LogP contribution in [0, 0.1) is 5.92 Å². The number of rotatable bonds is 3. The van der Waals surface area contributed by atoms with E-state index in [4.69, 9.17) is 10.5 Å². The summed E-state index contributed by atoms with van der Waals surface area (Å²) in [5, 5.41) is 16.0. The number of hydrogen-bond donors (Lipinski definition) is 3. The zero-order chi connectivity index (χ0) is 19.2. The Hall–Kier alpha value is -1.71. The first-order valence-electron chi connectivity index (χ1n) is 9.45. The van der Waals surface area contributed by atoms with E-state index in [-0.39, 0.29) is 17.7 Å². The number of thiazole rings is 1. The first-order valence-corrected chi connectivity index (χ1v) is 10.3. The number of carbonyl (C=O) groups excluding carboxylic acids is 2. The maximum atomic E-state index is 12.5. The third-order valence-electron chi connectivity index (χ3n) is 5.95. The first-order chi connectivity index (χ1) is 12.8. The number of likely N-dealkylation sites (tertiary alicyclic amines) is 1. The van der Waals surface area contributed by atoms with Crippen LogP contribution in [0.25, 0.3) is 0 Å². The van der Waals surface area contributed by atoms with Gasteiger partial charge in [-0.1, -0.05) is 0 Å². The van der Waals surface area contributed by atoms with Crippen LogP contribution in [-0.4, -0.2) is 63.7 Å². The number of hydrogen-bond acceptors (Lipinski definition) is 7. The summed E-state index contributed by atoms with van der Waals surface area (Å²) < 4.78 is 6.15. The molecule has 9 heteroatoms. The van der Waals surface area contributed by atoms with E-state index in [1.165, 1.54) is 11.3 Å². The number of nitrogens with two attached hydrogens (primary N) is 1. The molecule has 2 atom stereocenters. The average molecular weight is 394 g/mol. The van der Waals surface area contributed by atoms with E-state index in [1.54, 1.807) is 17.2 Å². The fraction of sp³-hybridized carbons (Fsp3) is 0.722. The van der Waals surface area contributed by atoms with Gasteiger partial charge in [-0.05, 0) is 32.6 Å². The lowest BCUT2D eigenvalue weighted by atomic mass is 9.75. The average Bonchev–Trinajstić information content (AvgIpc) is 3.38. The summed E-state index contributed by atoms with van der Waals surface area (Å²) in [5.41, 5.74) is 4.51. The van der Waals surface area contributed by atoms with Crippen LogP contribution in [0.5, 0.6) is 0 Å². The summed E-state index contributed by atoms with van der Waals surface area (Å²) in [7, 11) is 0. The number of amides is 2. The number of anilines is 1. The predicted molar refractivity (Wildman–Crippen MR) is 100 cm³/mol. The summed E-state index contributed by atoms with van der Waals surface area (Å²) in [5.74, 6) is 0.00316. The predicted octanol–water partition coefficient (Wildman–Crippen LogP) is 0.766. The molecule has 0 radical (unpaired) electrons. The van der Waals surface area contributed by atoms with Gasteiger partial charge in [0, 0.05) is 30.8 Å². The molecule has 4 rings (SSSR count). The van der Waals surface area contributed by atoms with E-state index >= 15 is 0 Å². The van der Waals surface area contributed by atoms with Crippen LogP contribution in [0.3, 0.4) is 0 Å². The van der Waals surface area contributed by atoms with E-state index in [0.29, 0.717) is 49.8 Å². The second kappa shape index (κ2) is 6.72. The fourth-order valence-electron chi connectivity index (χ4n) is 4.08. The molecule has 1 aromatic rings. The van der Waals surface area contributed by atoms with Crippen molar-refractivity contribution in [2.45, 2.75) is 56.3 Å². The Kier molecular flexibility index (Phi) is 4.64. The van der Waals surface area contributed by atoms with Gasteiger partial charge in [0.05, 0.1) is 23.9 Å². The Morgan fingerprint density at radius 1 is 1.41 bits per heavy atom. The molecule has 1 saturated carbocycles. The summed E-state index contributed by atoms with van der Waals surface area (Å²) in [6, 6.07) is -0.395. The lowest BCUT2D eigenvalue weighted by molar-refractivity contribution is -0.187. The first kappa shape index (κ1) is 18.6. The largest absolute Gasteiger partial charge is 0.388 e. The molecule has 0 unspecified atom stereocenters. The van der Waals surface area contributed by atoms with Crippen molar-refractivity contribution in [3.63, 3.8) is 0 Å². The van der Waals surface area contributed by atoms with Crippen LogP contribution in [-0.2, 0) is 9.53 Å². The SMILES string of the molecule is C[C@]1(O)CC2(CCN(C(=O)c3csc(N)n3)CC2)OC[C@@H]1NC(=O)C1CC1. The van der Waals surface area contributed by atoms with E-state index in [9.17, 15) is 14.7 Å². The van der Waals surface area contributed by atoms with Crippen LogP contribution >= 0.6 is 11.3 Å². The Bertz CT molecular complexity index is 737. The Morgan fingerprint density at radius 3 is 2.67 bits per heavy atom. The van der Waals surface area contributed by atoms with Crippen molar-refractivity contribution in [1.29, 1.82) is 0 Å². The molecule has 2 saturated heterocycles. The third kappa shape index (κ3) is 3.81. The number of nitrogens with one attached hydrogen (secondary N) is 1. The second-order valence-corrected chi connectivity index (χ2v) is 9.12. The normalized spacial score (nSPS) is 30.3. The number of aliphatic hydroxyl groups is 1. The highest BCUT2D eigenvalue weighted by atomic mass is 32.1. The van der Waals surface area contributed by atoms with Gasteiger partial charge in [0.1, 0.15) is 5.69 Å². The van der Waals surface area contributed by atoms with E-state index < -0.39 is 17.2 Å². The van der Waals surface area contributed by atoms with E-state index in [1.807, 2.05) is 0 Å². The van der Waals surface area contributed by atoms with Crippen molar-refractivity contribution in [1.82, 2.24) is 15.2 Å². The molecule has 27 heavy (non-hydrogen) atoms. The van der Waals surface area contributed by atoms with Gasteiger partial charge < -0.3 is 25.8 Å². The maximum absolute atomic E-state index is 12.5. The van der Waals surface area contributed by atoms with Gasteiger partial charge in [-0.3, -0.25) is 9.59 Å². The van der Waals surface area contributed by atoms with Gasteiger partial charge >= 0.3 is 0 Å². The Balaban J connectivity index is 1.35. The van der Waals surface area contributed by atoms with Crippen molar-refractivity contribution in [3.05, 3.63) is 11.1 Å². The van der Waals surface area contributed by atoms with Crippen LogP contribution in [0.1, 0.15) is 49.5 Å². The number of ether oxygens (including phenoxy) is 1. The van der Waals surface area contributed by atoms with Crippen LogP contribution in [0.2, 0.25) is 0 Å². The zero-order valence-electron chi connectivity index (χ0n) is 15.4. The standard InChI is InChI=1S/C18H26N4O4S/c1-17(25)10-18(26-8-13(17)21-14(23)11-2-3-11)4-6-22(7-5-18)15(24)12-9-27-16(19)20-12/h9,11,13,25H,2-8,10H2,1H3,(H2,19,20)(H,21,23)/t13-,17-/m0/s1. The van der Waals surface area contributed by atoms with Crippen molar-refractivity contribution >= 4 is 28.3 Å². The Labute approximate surface area is 162 Å². The number of nitrogen functional groups attached to an aromatic ring is 1. The summed E-state index contributed by atoms with van der Waals surface area (Å²) in [4.78, 5) is 30.4. The van der Waals surface area contributed by atoms with E-state index in [2.05, 4.69) is 10.3 Å². The highest BCUT2D eigenvalue weighted by Gasteiger charge is 2.50. The van der Waals surface area contributed by atoms with Crippen LogP contribution < -0.4 is 11.1 Å². The van der Waals surface area contributed by atoms with Gasteiger partial charge in [-0.25, -0.2) is 4.98 Å². The number of piperidine rings is 1. The minimum atomic E-state index is -1.03. The highest BCUT2D eigenvalue weighted by Crippen LogP contribution is 2.40. The van der Waals surface area contributed by atoms with Crippen molar-refractivity contribution in [3.8, 4) is 0 Å². The van der Waals surface area contributed by atoms with Gasteiger partial charge in [-0.15, -0.1) is 11.3 Å². The molecule has 0 aromatic carbocycles. The van der Waals surface area contributed by atoms with Crippen molar-refractivity contribution < 1.29 is 19.4 Å². The summed E-state index contributed by atoms with van der Waals surface area (Å²) >= 11 is 1.26. The van der Waals surface area contributed by atoms with Crippen LogP contribution in [0.4, 0.5) is 5.13 Å². The lowest BCUT2D eigenvalue weighted by Crippen LogP contribution is -2.64. The van der Waals surface area contributed by atoms with Gasteiger partial charge in [0.25, 0.3) is 5.91 Å². The molecule has 1 aliphatic carbocycles. The van der Waals surface area contributed by atoms with E-state index in [0.717, 1.165) is 12.8 Å². The second-order valence-electron chi connectivity index (χ2n) is 8.23. The number of aromatic nitrogens is 1. The molecule has 3 aliphatic rings. The topological polar surface area (TPSA) is 118 Å². The van der Waals surface area contributed by atoms with Gasteiger partial charge in [0.2, 0.25) is 5.91 Å². The minimum Gasteiger partial charge on any atom is -0.388 e. The molecule has 3 fully saturated rings. The molecule has 2 aliphatic heterocycles. The molecule has 3 heterocycles. The molecule has 2 amide bonds.